The first-order valence-corrected chi connectivity index (χ1v) is 6.20. The van der Waals surface area contributed by atoms with Gasteiger partial charge in [-0.15, -0.1) is 0 Å². The Morgan fingerprint density at radius 1 is 1.42 bits per heavy atom. The lowest BCUT2D eigenvalue weighted by Gasteiger charge is -2.17. The van der Waals surface area contributed by atoms with Crippen LogP contribution in [0.25, 0.3) is 0 Å². The first-order chi connectivity index (χ1) is 8.72. The fraction of sp³-hybridized carbons (Fsp3) is 0.462. The molecule has 0 N–H and O–H groups in total. The predicted molar refractivity (Wildman–Crippen MR) is 72.5 cm³/mol. The van der Waals surface area contributed by atoms with Crippen molar-refractivity contribution in [2.24, 2.45) is 5.41 Å². The van der Waals surface area contributed by atoms with Crippen LogP contribution in [-0.2, 0) is 4.74 Å². The first kappa shape index (κ1) is 15.4. The zero-order chi connectivity index (χ0) is 14.6. The second-order valence-electron chi connectivity index (χ2n) is 5.34. The normalized spacial score (nSPS) is 11.2. The lowest BCUT2D eigenvalue weighted by molar-refractivity contribution is -0.384. The van der Waals surface area contributed by atoms with Gasteiger partial charge in [0.15, 0.2) is 0 Å². The summed E-state index contributed by atoms with van der Waals surface area (Å²) in [7, 11) is 0. The number of nitro groups is 1. The number of halogens is 1. The van der Waals surface area contributed by atoms with Crippen molar-refractivity contribution in [2.75, 3.05) is 6.61 Å². The maximum absolute atomic E-state index is 11.8. The van der Waals surface area contributed by atoms with Gasteiger partial charge >= 0.3 is 5.97 Å². The van der Waals surface area contributed by atoms with E-state index in [2.05, 4.69) is 0 Å². The van der Waals surface area contributed by atoms with E-state index in [1.54, 1.807) is 0 Å². The zero-order valence-corrected chi connectivity index (χ0v) is 11.9. The van der Waals surface area contributed by atoms with E-state index in [0.717, 1.165) is 0 Å². The van der Waals surface area contributed by atoms with Gasteiger partial charge in [0.2, 0.25) is 0 Å². The van der Waals surface area contributed by atoms with E-state index in [1.807, 2.05) is 20.8 Å². The molecule has 0 spiro atoms. The van der Waals surface area contributed by atoms with Crippen LogP contribution in [-0.4, -0.2) is 17.5 Å². The standard InChI is InChI=1S/C13H16ClNO4/c1-13(2,3)7-8-19-12(16)9-5-4-6-10(11(9)14)15(17)18/h4-6H,7-8H2,1-3H3. The van der Waals surface area contributed by atoms with E-state index in [9.17, 15) is 14.9 Å². The topological polar surface area (TPSA) is 69.4 Å². The van der Waals surface area contributed by atoms with Gasteiger partial charge in [-0.05, 0) is 17.9 Å². The highest BCUT2D eigenvalue weighted by molar-refractivity contribution is 6.35. The fourth-order valence-electron chi connectivity index (χ4n) is 1.35. The summed E-state index contributed by atoms with van der Waals surface area (Å²) in [6, 6.07) is 4.06. The maximum Gasteiger partial charge on any atom is 0.339 e. The van der Waals surface area contributed by atoms with Gasteiger partial charge in [0.1, 0.15) is 5.02 Å². The van der Waals surface area contributed by atoms with E-state index < -0.39 is 10.9 Å². The summed E-state index contributed by atoms with van der Waals surface area (Å²) in [5, 5.41) is 10.5. The van der Waals surface area contributed by atoms with Crippen LogP contribution >= 0.6 is 11.6 Å². The van der Waals surface area contributed by atoms with Crippen LogP contribution in [0, 0.1) is 15.5 Å². The predicted octanol–water partition coefficient (Wildman–Crippen LogP) is 3.84. The Labute approximate surface area is 116 Å². The molecular weight excluding hydrogens is 270 g/mol. The number of hydrogen-bond acceptors (Lipinski definition) is 4. The highest BCUT2D eigenvalue weighted by Crippen LogP contribution is 2.28. The van der Waals surface area contributed by atoms with E-state index in [1.165, 1.54) is 18.2 Å². The summed E-state index contributed by atoms with van der Waals surface area (Å²) >= 11 is 5.82. The number of nitro benzene ring substituents is 1. The molecule has 1 aromatic carbocycles. The van der Waals surface area contributed by atoms with Crippen LogP contribution in [0.5, 0.6) is 0 Å². The van der Waals surface area contributed by atoms with E-state index >= 15 is 0 Å². The summed E-state index contributed by atoms with van der Waals surface area (Å²) in [5.74, 6) is -0.641. The van der Waals surface area contributed by atoms with Crippen molar-refractivity contribution in [1.82, 2.24) is 0 Å². The van der Waals surface area contributed by atoms with E-state index in [0.29, 0.717) is 6.42 Å². The molecule has 0 unspecified atom stereocenters. The fourth-order valence-corrected chi connectivity index (χ4v) is 1.62. The van der Waals surface area contributed by atoms with Crippen LogP contribution in [0.15, 0.2) is 18.2 Å². The van der Waals surface area contributed by atoms with Crippen LogP contribution in [0.3, 0.4) is 0 Å². The third-order valence-electron chi connectivity index (χ3n) is 2.48. The van der Waals surface area contributed by atoms with Gasteiger partial charge in [-0.3, -0.25) is 10.1 Å². The van der Waals surface area contributed by atoms with Crippen molar-refractivity contribution in [3.05, 3.63) is 38.9 Å². The van der Waals surface area contributed by atoms with Crippen molar-refractivity contribution < 1.29 is 14.5 Å². The molecule has 0 aliphatic heterocycles. The number of ether oxygens (including phenoxy) is 1. The summed E-state index contributed by atoms with van der Waals surface area (Å²) in [6.07, 6.45) is 0.700. The highest BCUT2D eigenvalue weighted by Gasteiger charge is 2.21. The Morgan fingerprint density at radius 3 is 2.58 bits per heavy atom. The molecule has 0 saturated carbocycles. The lowest BCUT2D eigenvalue weighted by Crippen LogP contribution is -2.13. The van der Waals surface area contributed by atoms with Gasteiger partial charge in [-0.2, -0.15) is 0 Å². The van der Waals surface area contributed by atoms with E-state index in [-0.39, 0.29) is 28.3 Å². The monoisotopic (exact) mass is 285 g/mol. The summed E-state index contributed by atoms with van der Waals surface area (Å²) in [4.78, 5) is 21.9. The van der Waals surface area contributed by atoms with Gasteiger partial charge in [0.05, 0.1) is 17.1 Å². The Bertz CT molecular complexity index is 494. The smallest absolute Gasteiger partial charge is 0.339 e. The molecule has 5 nitrogen and oxygen atoms in total. The Hall–Kier alpha value is -1.62. The molecule has 1 aromatic rings. The van der Waals surface area contributed by atoms with Crippen LogP contribution in [0.2, 0.25) is 5.02 Å². The summed E-state index contributed by atoms with van der Waals surface area (Å²) in [5.41, 5.74) is -0.232. The number of esters is 1. The van der Waals surface area contributed by atoms with Crippen molar-refractivity contribution in [3.63, 3.8) is 0 Å². The van der Waals surface area contributed by atoms with Crippen molar-refractivity contribution in [1.29, 1.82) is 0 Å². The van der Waals surface area contributed by atoms with Crippen LogP contribution < -0.4 is 0 Å². The Kier molecular flexibility index (Phi) is 4.89. The molecule has 1 rings (SSSR count). The molecule has 6 heteroatoms. The first-order valence-electron chi connectivity index (χ1n) is 5.82. The number of benzene rings is 1. The molecule has 0 bridgehead atoms. The van der Waals surface area contributed by atoms with E-state index in [4.69, 9.17) is 16.3 Å². The number of carbonyl (C=O) groups is 1. The SMILES string of the molecule is CC(C)(C)CCOC(=O)c1cccc([N+](=O)[O-])c1Cl. The molecule has 0 heterocycles. The minimum absolute atomic E-state index is 0.0183. The molecule has 104 valence electrons. The molecule has 0 radical (unpaired) electrons. The number of carbonyl (C=O) groups excluding carboxylic acids is 1. The molecule has 0 amide bonds. The average Bonchev–Trinajstić information content (AvgIpc) is 2.26. The summed E-state index contributed by atoms with van der Waals surface area (Å²) < 4.78 is 5.07. The third-order valence-corrected chi connectivity index (χ3v) is 2.88. The molecular formula is C13H16ClNO4. The van der Waals surface area contributed by atoms with Crippen LogP contribution in [0.1, 0.15) is 37.6 Å². The van der Waals surface area contributed by atoms with Gasteiger partial charge < -0.3 is 4.74 Å². The van der Waals surface area contributed by atoms with Gasteiger partial charge in [0.25, 0.3) is 5.69 Å². The third kappa shape index (κ3) is 4.52. The second-order valence-corrected chi connectivity index (χ2v) is 5.72. The maximum atomic E-state index is 11.8. The zero-order valence-electron chi connectivity index (χ0n) is 11.1. The minimum Gasteiger partial charge on any atom is -0.462 e. The van der Waals surface area contributed by atoms with Gasteiger partial charge in [0, 0.05) is 6.07 Å². The lowest BCUT2D eigenvalue weighted by atomic mass is 9.93. The summed E-state index contributed by atoms with van der Waals surface area (Å²) in [6.45, 7) is 6.34. The van der Waals surface area contributed by atoms with Crippen molar-refractivity contribution in [2.45, 2.75) is 27.2 Å². The highest BCUT2D eigenvalue weighted by atomic mass is 35.5. The van der Waals surface area contributed by atoms with Crippen molar-refractivity contribution in [3.8, 4) is 0 Å². The molecule has 19 heavy (non-hydrogen) atoms. The quantitative estimate of drug-likeness (QED) is 0.479. The Morgan fingerprint density at radius 2 is 2.05 bits per heavy atom. The van der Waals surface area contributed by atoms with Gasteiger partial charge in [-0.1, -0.05) is 38.4 Å². The molecule has 0 fully saturated rings. The Balaban J connectivity index is 2.78. The molecule has 0 aliphatic rings. The largest absolute Gasteiger partial charge is 0.462 e. The minimum atomic E-state index is -0.641. The molecule has 0 atom stereocenters. The van der Waals surface area contributed by atoms with Crippen LogP contribution in [0.4, 0.5) is 5.69 Å². The number of hydrogen-bond donors (Lipinski definition) is 0. The van der Waals surface area contributed by atoms with Crippen molar-refractivity contribution >= 4 is 23.3 Å². The number of rotatable bonds is 4. The molecule has 0 saturated heterocycles. The molecule has 0 aliphatic carbocycles. The van der Waals surface area contributed by atoms with Gasteiger partial charge in [-0.25, -0.2) is 4.79 Å². The number of nitrogens with zero attached hydrogens (tertiary/aromatic N) is 1. The molecule has 0 aromatic heterocycles. The average molecular weight is 286 g/mol. The second kappa shape index (κ2) is 6.02.